The standard InChI is InChI=1S/C27H26N4O3/c32-26(29-22-10-2-1-3-11-22)21-9-7-15-31(17-21)27(33)20-8-6-12-24(16-20)34-19-23-18-30-14-5-4-13-25(30)28-23/h1-6,8,10-14,16,18,21H,7,9,15,17,19H2,(H,29,32). The molecule has 3 heterocycles. The number of rotatable bonds is 6. The van der Waals surface area contributed by atoms with Gasteiger partial charge in [0.05, 0.1) is 11.6 Å². The van der Waals surface area contributed by atoms with Gasteiger partial charge in [0, 0.05) is 36.7 Å². The van der Waals surface area contributed by atoms with Crippen molar-refractivity contribution in [2.24, 2.45) is 5.92 Å². The average Bonchev–Trinajstić information content (AvgIpc) is 3.31. The molecule has 7 heteroatoms. The number of amides is 2. The molecule has 2 aromatic heterocycles. The first-order chi connectivity index (χ1) is 16.7. The Balaban J connectivity index is 1.21. The number of para-hydroxylation sites is 1. The van der Waals surface area contributed by atoms with Gasteiger partial charge in [-0.15, -0.1) is 0 Å². The fourth-order valence-electron chi connectivity index (χ4n) is 4.26. The monoisotopic (exact) mass is 454 g/mol. The molecule has 1 unspecified atom stereocenters. The number of carbonyl (C=O) groups is 2. The molecule has 0 saturated carbocycles. The molecule has 1 N–H and O–H groups in total. The molecule has 172 valence electrons. The van der Waals surface area contributed by atoms with E-state index < -0.39 is 0 Å². The zero-order chi connectivity index (χ0) is 23.3. The van der Waals surface area contributed by atoms with Gasteiger partial charge in [0.2, 0.25) is 5.91 Å². The van der Waals surface area contributed by atoms with Gasteiger partial charge in [-0.2, -0.15) is 0 Å². The van der Waals surface area contributed by atoms with Crippen molar-refractivity contribution in [3.8, 4) is 5.75 Å². The number of aromatic nitrogens is 2. The molecule has 0 aliphatic carbocycles. The molecule has 1 atom stereocenters. The summed E-state index contributed by atoms with van der Waals surface area (Å²) in [4.78, 5) is 32.2. The highest BCUT2D eigenvalue weighted by atomic mass is 16.5. The number of likely N-dealkylation sites (tertiary alicyclic amines) is 1. The van der Waals surface area contributed by atoms with E-state index in [1.165, 1.54) is 0 Å². The minimum Gasteiger partial charge on any atom is -0.487 e. The Labute approximate surface area is 198 Å². The molecule has 2 aromatic carbocycles. The first-order valence-corrected chi connectivity index (χ1v) is 11.5. The third kappa shape index (κ3) is 4.93. The number of anilines is 1. The summed E-state index contributed by atoms with van der Waals surface area (Å²) < 4.78 is 7.86. The summed E-state index contributed by atoms with van der Waals surface area (Å²) in [6.07, 6.45) is 5.43. The number of carbonyl (C=O) groups excluding carboxylic acids is 2. The van der Waals surface area contributed by atoms with E-state index in [4.69, 9.17) is 4.74 Å². The number of fused-ring (bicyclic) bond motifs is 1. The van der Waals surface area contributed by atoms with Crippen molar-refractivity contribution in [1.82, 2.24) is 14.3 Å². The molecular formula is C27H26N4O3. The number of imidazole rings is 1. The Kier molecular flexibility index (Phi) is 6.25. The van der Waals surface area contributed by atoms with Gasteiger partial charge in [-0.1, -0.05) is 30.3 Å². The van der Waals surface area contributed by atoms with Crippen LogP contribution >= 0.6 is 0 Å². The van der Waals surface area contributed by atoms with E-state index in [0.717, 1.165) is 29.9 Å². The Hall–Kier alpha value is -4.13. The maximum atomic E-state index is 13.2. The smallest absolute Gasteiger partial charge is 0.254 e. The topological polar surface area (TPSA) is 75.9 Å². The summed E-state index contributed by atoms with van der Waals surface area (Å²) in [6.45, 7) is 1.36. The zero-order valence-corrected chi connectivity index (χ0v) is 18.8. The minimum atomic E-state index is -0.229. The lowest BCUT2D eigenvalue weighted by molar-refractivity contribution is -0.121. The lowest BCUT2D eigenvalue weighted by atomic mass is 9.96. The Morgan fingerprint density at radius 1 is 1.03 bits per heavy atom. The maximum Gasteiger partial charge on any atom is 0.254 e. The van der Waals surface area contributed by atoms with Gasteiger partial charge in [0.15, 0.2) is 0 Å². The average molecular weight is 455 g/mol. The second kappa shape index (κ2) is 9.79. The normalized spacial score (nSPS) is 15.8. The van der Waals surface area contributed by atoms with Gasteiger partial charge < -0.3 is 19.4 Å². The van der Waals surface area contributed by atoms with Crippen molar-refractivity contribution in [2.75, 3.05) is 18.4 Å². The van der Waals surface area contributed by atoms with E-state index in [1.807, 2.05) is 77.5 Å². The summed E-state index contributed by atoms with van der Waals surface area (Å²) in [5, 5.41) is 2.96. The van der Waals surface area contributed by atoms with Crippen molar-refractivity contribution in [3.63, 3.8) is 0 Å². The summed E-state index contributed by atoms with van der Waals surface area (Å²) in [5.74, 6) is 0.245. The van der Waals surface area contributed by atoms with Crippen LogP contribution in [-0.4, -0.2) is 39.2 Å². The molecule has 0 spiro atoms. The van der Waals surface area contributed by atoms with Gasteiger partial charge >= 0.3 is 0 Å². The summed E-state index contributed by atoms with van der Waals surface area (Å²) >= 11 is 0. The van der Waals surface area contributed by atoms with Crippen molar-refractivity contribution < 1.29 is 14.3 Å². The van der Waals surface area contributed by atoms with Crippen LogP contribution in [0.2, 0.25) is 0 Å². The molecule has 1 aliphatic heterocycles. The predicted molar refractivity (Wildman–Crippen MR) is 130 cm³/mol. The van der Waals surface area contributed by atoms with Crippen LogP contribution in [-0.2, 0) is 11.4 Å². The van der Waals surface area contributed by atoms with E-state index in [-0.39, 0.29) is 17.7 Å². The molecule has 2 amide bonds. The number of pyridine rings is 1. The van der Waals surface area contributed by atoms with Crippen LogP contribution in [0.5, 0.6) is 5.75 Å². The summed E-state index contributed by atoms with van der Waals surface area (Å²) in [5.41, 5.74) is 3.00. The second-order valence-corrected chi connectivity index (χ2v) is 8.46. The van der Waals surface area contributed by atoms with Crippen LogP contribution in [0.15, 0.2) is 85.2 Å². The number of piperidine rings is 1. The molecule has 5 rings (SSSR count). The van der Waals surface area contributed by atoms with Crippen molar-refractivity contribution in [3.05, 3.63) is 96.4 Å². The number of hydrogen-bond donors (Lipinski definition) is 1. The SMILES string of the molecule is O=C(Nc1ccccc1)C1CCCN(C(=O)c2cccc(OCc3cn4ccccc4n3)c2)C1. The highest BCUT2D eigenvalue weighted by Crippen LogP contribution is 2.22. The molecular weight excluding hydrogens is 428 g/mol. The molecule has 7 nitrogen and oxygen atoms in total. The van der Waals surface area contributed by atoms with E-state index in [2.05, 4.69) is 10.3 Å². The van der Waals surface area contributed by atoms with Crippen LogP contribution in [0.3, 0.4) is 0 Å². The molecule has 4 aromatic rings. The molecule has 0 bridgehead atoms. The van der Waals surface area contributed by atoms with E-state index in [9.17, 15) is 9.59 Å². The minimum absolute atomic E-state index is 0.0479. The zero-order valence-electron chi connectivity index (χ0n) is 18.8. The van der Waals surface area contributed by atoms with E-state index in [0.29, 0.717) is 31.0 Å². The number of benzene rings is 2. The molecule has 34 heavy (non-hydrogen) atoms. The van der Waals surface area contributed by atoms with Crippen LogP contribution in [0.1, 0.15) is 28.9 Å². The fourth-order valence-corrected chi connectivity index (χ4v) is 4.26. The van der Waals surface area contributed by atoms with Crippen molar-refractivity contribution in [1.29, 1.82) is 0 Å². The Morgan fingerprint density at radius 3 is 2.74 bits per heavy atom. The van der Waals surface area contributed by atoms with Crippen molar-refractivity contribution >= 4 is 23.1 Å². The highest BCUT2D eigenvalue weighted by Gasteiger charge is 2.29. The highest BCUT2D eigenvalue weighted by molar-refractivity contribution is 5.96. The molecule has 1 fully saturated rings. The fraction of sp³-hybridized carbons (Fsp3) is 0.222. The molecule has 1 saturated heterocycles. The summed E-state index contributed by atoms with van der Waals surface area (Å²) in [6, 6.07) is 22.4. The van der Waals surface area contributed by atoms with Gasteiger partial charge in [-0.05, 0) is 55.3 Å². The first-order valence-electron chi connectivity index (χ1n) is 11.5. The van der Waals surface area contributed by atoms with Gasteiger partial charge in [0.25, 0.3) is 5.91 Å². The number of nitrogens with zero attached hydrogens (tertiary/aromatic N) is 3. The van der Waals surface area contributed by atoms with Crippen LogP contribution < -0.4 is 10.1 Å². The van der Waals surface area contributed by atoms with Gasteiger partial charge in [0.1, 0.15) is 18.0 Å². The largest absolute Gasteiger partial charge is 0.487 e. The van der Waals surface area contributed by atoms with Crippen LogP contribution in [0.25, 0.3) is 5.65 Å². The van der Waals surface area contributed by atoms with E-state index in [1.54, 1.807) is 17.0 Å². The van der Waals surface area contributed by atoms with Gasteiger partial charge in [-0.25, -0.2) is 4.98 Å². The molecule has 1 aliphatic rings. The lowest BCUT2D eigenvalue weighted by Gasteiger charge is -2.32. The maximum absolute atomic E-state index is 13.2. The number of ether oxygens (including phenoxy) is 1. The quantitative estimate of drug-likeness (QED) is 0.468. The Bertz CT molecular complexity index is 1270. The summed E-state index contributed by atoms with van der Waals surface area (Å²) in [7, 11) is 0. The number of nitrogens with one attached hydrogen (secondary N) is 1. The third-order valence-corrected chi connectivity index (χ3v) is 6.00. The van der Waals surface area contributed by atoms with Gasteiger partial charge in [-0.3, -0.25) is 9.59 Å². The Morgan fingerprint density at radius 2 is 1.88 bits per heavy atom. The second-order valence-electron chi connectivity index (χ2n) is 8.46. The van der Waals surface area contributed by atoms with Crippen LogP contribution in [0.4, 0.5) is 5.69 Å². The molecule has 0 radical (unpaired) electrons. The predicted octanol–water partition coefficient (Wildman–Crippen LogP) is 4.40. The first kappa shape index (κ1) is 21.7. The van der Waals surface area contributed by atoms with Crippen LogP contribution in [0, 0.1) is 5.92 Å². The third-order valence-electron chi connectivity index (χ3n) is 6.00. The lowest BCUT2D eigenvalue weighted by Crippen LogP contribution is -2.43. The van der Waals surface area contributed by atoms with E-state index >= 15 is 0 Å². The number of hydrogen-bond acceptors (Lipinski definition) is 4. The van der Waals surface area contributed by atoms with Crippen molar-refractivity contribution in [2.45, 2.75) is 19.4 Å².